The molecule has 1 nitrogen and oxygen atoms in total. The zero-order valence-corrected chi connectivity index (χ0v) is 14.0. The molecular weight excluding hydrogens is 306 g/mol. The summed E-state index contributed by atoms with van der Waals surface area (Å²) in [4.78, 5) is 1.34. The zero-order chi connectivity index (χ0) is 13.4. The van der Waals surface area contributed by atoms with Crippen LogP contribution in [0.2, 0.25) is 0 Å². The van der Waals surface area contributed by atoms with Gasteiger partial charge in [0, 0.05) is 21.2 Å². The summed E-state index contributed by atoms with van der Waals surface area (Å²) in [6.07, 6.45) is 2.57. The number of nitrogens with one attached hydrogen (secondary N) is 1. The SMILES string of the molecule is CCCC(C)C(CSc1cccc(Br)c1)NCC. The van der Waals surface area contributed by atoms with Gasteiger partial charge in [-0.25, -0.2) is 0 Å². The molecular formula is C15H24BrNS. The van der Waals surface area contributed by atoms with Gasteiger partial charge in [-0.3, -0.25) is 0 Å². The summed E-state index contributed by atoms with van der Waals surface area (Å²) >= 11 is 5.47. The third-order valence-corrected chi connectivity index (χ3v) is 4.73. The Hall–Kier alpha value is 0.01000. The van der Waals surface area contributed by atoms with E-state index < -0.39 is 0 Å². The molecule has 2 atom stereocenters. The van der Waals surface area contributed by atoms with E-state index >= 15 is 0 Å². The fourth-order valence-corrected chi connectivity index (χ4v) is 3.84. The maximum Gasteiger partial charge on any atom is 0.0187 e. The van der Waals surface area contributed by atoms with Crippen molar-refractivity contribution in [3.63, 3.8) is 0 Å². The van der Waals surface area contributed by atoms with Crippen molar-refractivity contribution < 1.29 is 0 Å². The summed E-state index contributed by atoms with van der Waals surface area (Å²) in [5.41, 5.74) is 0. The molecule has 0 saturated carbocycles. The third kappa shape index (κ3) is 5.77. The van der Waals surface area contributed by atoms with Gasteiger partial charge in [-0.05, 0) is 37.1 Å². The van der Waals surface area contributed by atoms with Gasteiger partial charge < -0.3 is 5.32 Å². The van der Waals surface area contributed by atoms with Crippen molar-refractivity contribution in [2.24, 2.45) is 5.92 Å². The highest BCUT2D eigenvalue weighted by atomic mass is 79.9. The van der Waals surface area contributed by atoms with Gasteiger partial charge in [0.25, 0.3) is 0 Å². The average Bonchev–Trinajstić information content (AvgIpc) is 2.35. The Morgan fingerprint density at radius 1 is 1.33 bits per heavy atom. The molecule has 2 unspecified atom stereocenters. The average molecular weight is 330 g/mol. The molecule has 0 aliphatic heterocycles. The Morgan fingerprint density at radius 3 is 2.72 bits per heavy atom. The van der Waals surface area contributed by atoms with E-state index in [-0.39, 0.29) is 0 Å². The standard InChI is InChI=1S/C15H24BrNS/c1-4-7-12(3)15(17-5-2)11-18-14-9-6-8-13(16)10-14/h6,8-10,12,15,17H,4-5,7,11H2,1-3H3. The van der Waals surface area contributed by atoms with Crippen molar-refractivity contribution in [2.45, 2.75) is 44.6 Å². The molecule has 0 saturated heterocycles. The Labute approximate surface area is 124 Å². The molecule has 1 aromatic rings. The molecule has 0 aromatic heterocycles. The van der Waals surface area contributed by atoms with Crippen molar-refractivity contribution in [3.8, 4) is 0 Å². The third-order valence-electron chi connectivity index (χ3n) is 3.12. The number of halogens is 1. The van der Waals surface area contributed by atoms with Gasteiger partial charge in [-0.1, -0.05) is 49.2 Å². The molecule has 0 aliphatic carbocycles. The topological polar surface area (TPSA) is 12.0 Å². The van der Waals surface area contributed by atoms with E-state index in [9.17, 15) is 0 Å². The van der Waals surface area contributed by atoms with Crippen LogP contribution in [-0.4, -0.2) is 18.3 Å². The quantitative estimate of drug-likeness (QED) is 0.677. The lowest BCUT2D eigenvalue weighted by atomic mass is 9.98. The van der Waals surface area contributed by atoms with Crippen LogP contribution in [0.3, 0.4) is 0 Å². The Bertz CT molecular complexity index is 343. The molecule has 1 aromatic carbocycles. The summed E-state index contributed by atoms with van der Waals surface area (Å²) in [7, 11) is 0. The summed E-state index contributed by atoms with van der Waals surface area (Å²) in [5, 5.41) is 3.62. The molecule has 1 N–H and O–H groups in total. The number of thioether (sulfide) groups is 1. The first-order valence-corrected chi connectivity index (χ1v) is 8.57. The number of hydrogen-bond acceptors (Lipinski definition) is 2. The Kier molecular flexibility index (Phi) is 8.03. The highest BCUT2D eigenvalue weighted by Gasteiger charge is 2.15. The minimum absolute atomic E-state index is 0.610. The van der Waals surface area contributed by atoms with Crippen LogP contribution in [0.25, 0.3) is 0 Å². The fourth-order valence-electron chi connectivity index (χ4n) is 2.09. The minimum Gasteiger partial charge on any atom is -0.313 e. The van der Waals surface area contributed by atoms with Crippen LogP contribution in [-0.2, 0) is 0 Å². The summed E-state index contributed by atoms with van der Waals surface area (Å²) in [5.74, 6) is 1.89. The van der Waals surface area contributed by atoms with Crippen LogP contribution in [0, 0.1) is 5.92 Å². The lowest BCUT2D eigenvalue weighted by molar-refractivity contribution is 0.388. The number of benzene rings is 1. The first kappa shape index (κ1) is 16.1. The van der Waals surface area contributed by atoms with Gasteiger partial charge >= 0.3 is 0 Å². The molecule has 18 heavy (non-hydrogen) atoms. The van der Waals surface area contributed by atoms with Gasteiger partial charge in [-0.15, -0.1) is 11.8 Å². The van der Waals surface area contributed by atoms with Crippen molar-refractivity contribution in [1.82, 2.24) is 5.32 Å². The normalized spacial score (nSPS) is 14.4. The first-order chi connectivity index (χ1) is 8.67. The van der Waals surface area contributed by atoms with Crippen LogP contribution in [0.1, 0.15) is 33.6 Å². The fraction of sp³-hybridized carbons (Fsp3) is 0.600. The second-order valence-corrected chi connectivity index (χ2v) is 6.71. The van der Waals surface area contributed by atoms with E-state index in [0.29, 0.717) is 6.04 Å². The zero-order valence-electron chi connectivity index (χ0n) is 11.6. The van der Waals surface area contributed by atoms with Crippen LogP contribution in [0.15, 0.2) is 33.6 Å². The van der Waals surface area contributed by atoms with Gasteiger partial charge in [0.15, 0.2) is 0 Å². The molecule has 0 spiro atoms. The first-order valence-electron chi connectivity index (χ1n) is 6.79. The second kappa shape index (κ2) is 9.00. The van der Waals surface area contributed by atoms with E-state index in [1.807, 2.05) is 11.8 Å². The van der Waals surface area contributed by atoms with E-state index in [1.54, 1.807) is 0 Å². The smallest absolute Gasteiger partial charge is 0.0187 e. The van der Waals surface area contributed by atoms with E-state index in [0.717, 1.165) is 22.7 Å². The predicted octanol–water partition coefficient (Wildman–Crippen LogP) is 4.96. The highest BCUT2D eigenvalue weighted by molar-refractivity contribution is 9.10. The molecule has 102 valence electrons. The summed E-state index contributed by atoms with van der Waals surface area (Å²) in [6, 6.07) is 9.16. The summed E-state index contributed by atoms with van der Waals surface area (Å²) in [6.45, 7) is 7.87. The lowest BCUT2D eigenvalue weighted by Gasteiger charge is -2.24. The van der Waals surface area contributed by atoms with Crippen LogP contribution < -0.4 is 5.32 Å². The Morgan fingerprint density at radius 2 is 2.11 bits per heavy atom. The van der Waals surface area contributed by atoms with Crippen molar-refractivity contribution >= 4 is 27.7 Å². The van der Waals surface area contributed by atoms with Gasteiger partial charge in [-0.2, -0.15) is 0 Å². The van der Waals surface area contributed by atoms with Crippen LogP contribution in [0.5, 0.6) is 0 Å². The molecule has 3 heteroatoms. The van der Waals surface area contributed by atoms with E-state index in [4.69, 9.17) is 0 Å². The minimum atomic E-state index is 0.610. The number of hydrogen-bond donors (Lipinski definition) is 1. The largest absolute Gasteiger partial charge is 0.313 e. The van der Waals surface area contributed by atoms with Crippen molar-refractivity contribution in [3.05, 3.63) is 28.7 Å². The summed E-state index contributed by atoms with van der Waals surface area (Å²) < 4.78 is 1.16. The predicted molar refractivity (Wildman–Crippen MR) is 86.4 cm³/mol. The molecule has 0 amide bonds. The molecule has 0 radical (unpaired) electrons. The molecule has 0 aliphatic rings. The van der Waals surface area contributed by atoms with Gasteiger partial charge in [0.1, 0.15) is 0 Å². The van der Waals surface area contributed by atoms with Crippen molar-refractivity contribution in [1.29, 1.82) is 0 Å². The molecule has 0 heterocycles. The van der Waals surface area contributed by atoms with E-state index in [2.05, 4.69) is 66.3 Å². The maximum atomic E-state index is 3.62. The molecule has 1 rings (SSSR count). The monoisotopic (exact) mass is 329 g/mol. The Balaban J connectivity index is 2.51. The molecule has 0 fully saturated rings. The van der Waals surface area contributed by atoms with Gasteiger partial charge in [0.2, 0.25) is 0 Å². The highest BCUT2D eigenvalue weighted by Crippen LogP contribution is 2.24. The van der Waals surface area contributed by atoms with E-state index in [1.165, 1.54) is 17.7 Å². The lowest BCUT2D eigenvalue weighted by Crippen LogP contribution is -2.37. The second-order valence-electron chi connectivity index (χ2n) is 4.70. The maximum absolute atomic E-state index is 3.62. The number of rotatable bonds is 8. The van der Waals surface area contributed by atoms with Gasteiger partial charge in [0.05, 0.1) is 0 Å². The van der Waals surface area contributed by atoms with Crippen LogP contribution >= 0.6 is 27.7 Å². The molecule has 0 bridgehead atoms. The van der Waals surface area contributed by atoms with Crippen LogP contribution in [0.4, 0.5) is 0 Å². The van der Waals surface area contributed by atoms with Crippen molar-refractivity contribution in [2.75, 3.05) is 12.3 Å².